The topological polar surface area (TPSA) is 55.6 Å². The molecular weight excluding hydrogens is 204 g/mol. The van der Waals surface area contributed by atoms with Crippen LogP contribution < -0.4 is 10.5 Å². The van der Waals surface area contributed by atoms with Gasteiger partial charge in [-0.3, -0.25) is 4.79 Å². The first kappa shape index (κ1) is 11.0. The second kappa shape index (κ2) is 4.53. The van der Waals surface area contributed by atoms with Crippen molar-refractivity contribution in [2.75, 3.05) is 26.7 Å². The van der Waals surface area contributed by atoms with Crippen LogP contribution in [-0.2, 0) is 6.42 Å². The Kier molecular flexibility index (Phi) is 3.10. The number of carbonyl (C=O) groups excluding carboxylic acids is 1. The van der Waals surface area contributed by atoms with Crippen molar-refractivity contribution >= 4 is 5.91 Å². The van der Waals surface area contributed by atoms with Crippen molar-refractivity contribution in [1.29, 1.82) is 0 Å². The first-order chi connectivity index (χ1) is 7.77. The van der Waals surface area contributed by atoms with E-state index in [4.69, 9.17) is 10.5 Å². The van der Waals surface area contributed by atoms with Gasteiger partial charge >= 0.3 is 0 Å². The number of rotatable bonds is 3. The van der Waals surface area contributed by atoms with E-state index in [1.54, 1.807) is 12.0 Å². The minimum atomic E-state index is 0.0316. The van der Waals surface area contributed by atoms with Gasteiger partial charge in [-0.2, -0.15) is 0 Å². The molecule has 0 radical (unpaired) electrons. The van der Waals surface area contributed by atoms with Gasteiger partial charge in [0, 0.05) is 19.6 Å². The lowest BCUT2D eigenvalue weighted by molar-refractivity contribution is 0.0741. The molecule has 1 aliphatic rings. The summed E-state index contributed by atoms with van der Waals surface area (Å²) in [5.41, 5.74) is 7.25. The van der Waals surface area contributed by atoms with Gasteiger partial charge in [0.1, 0.15) is 5.75 Å². The predicted molar refractivity (Wildman–Crippen MR) is 61.7 cm³/mol. The van der Waals surface area contributed by atoms with Crippen LogP contribution in [0.5, 0.6) is 5.75 Å². The molecule has 0 atom stereocenters. The molecule has 4 heteroatoms. The Morgan fingerprint density at radius 3 is 3.00 bits per heavy atom. The average molecular weight is 220 g/mol. The molecule has 0 unspecified atom stereocenters. The third kappa shape index (κ3) is 1.76. The van der Waals surface area contributed by atoms with Crippen LogP contribution in [0.3, 0.4) is 0 Å². The fourth-order valence-corrected chi connectivity index (χ4v) is 2.08. The van der Waals surface area contributed by atoms with E-state index in [9.17, 15) is 4.79 Å². The molecule has 1 heterocycles. The Bertz CT molecular complexity index is 390. The zero-order chi connectivity index (χ0) is 11.5. The number of methoxy groups -OCH3 is 1. The van der Waals surface area contributed by atoms with Gasteiger partial charge < -0.3 is 15.4 Å². The lowest BCUT2D eigenvalue weighted by Gasteiger charge is -2.29. The van der Waals surface area contributed by atoms with E-state index in [-0.39, 0.29) is 5.91 Å². The maximum absolute atomic E-state index is 12.2. The Hall–Kier alpha value is -1.55. The molecule has 16 heavy (non-hydrogen) atoms. The van der Waals surface area contributed by atoms with E-state index in [1.165, 1.54) is 0 Å². The number of hydrogen-bond donors (Lipinski definition) is 1. The highest BCUT2D eigenvalue weighted by Gasteiger charge is 2.26. The summed E-state index contributed by atoms with van der Waals surface area (Å²) in [7, 11) is 1.59. The van der Waals surface area contributed by atoms with Gasteiger partial charge in [-0.05, 0) is 18.1 Å². The van der Waals surface area contributed by atoms with Crippen molar-refractivity contribution < 1.29 is 9.53 Å². The first-order valence-corrected chi connectivity index (χ1v) is 5.43. The summed E-state index contributed by atoms with van der Waals surface area (Å²) < 4.78 is 5.23. The van der Waals surface area contributed by atoms with E-state index in [2.05, 4.69) is 0 Å². The van der Waals surface area contributed by atoms with Crippen LogP contribution in [0.15, 0.2) is 18.2 Å². The van der Waals surface area contributed by atoms with Gasteiger partial charge in [-0.25, -0.2) is 0 Å². The maximum atomic E-state index is 12.2. The summed E-state index contributed by atoms with van der Waals surface area (Å²) in [5.74, 6) is 0.688. The molecule has 0 saturated heterocycles. The number of benzene rings is 1. The molecule has 1 aromatic rings. The van der Waals surface area contributed by atoms with Crippen molar-refractivity contribution in [3.8, 4) is 5.75 Å². The third-order valence-corrected chi connectivity index (χ3v) is 2.88. The van der Waals surface area contributed by atoms with E-state index in [0.29, 0.717) is 24.4 Å². The molecule has 2 rings (SSSR count). The van der Waals surface area contributed by atoms with Crippen molar-refractivity contribution in [1.82, 2.24) is 4.90 Å². The highest BCUT2D eigenvalue weighted by molar-refractivity contribution is 5.99. The lowest BCUT2D eigenvalue weighted by Crippen LogP contribution is -2.40. The monoisotopic (exact) mass is 220 g/mol. The molecule has 0 saturated carbocycles. The third-order valence-electron chi connectivity index (χ3n) is 2.88. The summed E-state index contributed by atoms with van der Waals surface area (Å²) >= 11 is 0. The predicted octanol–water partition coefficient (Wildman–Crippen LogP) is 0.652. The molecule has 0 aromatic heterocycles. The van der Waals surface area contributed by atoms with Crippen LogP contribution in [0, 0.1) is 0 Å². The fraction of sp³-hybridized carbons (Fsp3) is 0.417. The van der Waals surface area contributed by atoms with Gasteiger partial charge in [0.2, 0.25) is 0 Å². The molecular formula is C12H16N2O2. The van der Waals surface area contributed by atoms with Crippen molar-refractivity contribution in [3.05, 3.63) is 29.3 Å². The number of fused-ring (bicyclic) bond motifs is 1. The van der Waals surface area contributed by atoms with Crippen LogP contribution in [0.25, 0.3) is 0 Å². The first-order valence-electron chi connectivity index (χ1n) is 5.43. The van der Waals surface area contributed by atoms with Crippen molar-refractivity contribution in [2.24, 2.45) is 5.73 Å². The van der Waals surface area contributed by atoms with E-state index < -0.39 is 0 Å². The van der Waals surface area contributed by atoms with Gasteiger partial charge in [0.15, 0.2) is 0 Å². The average Bonchev–Trinajstić information content (AvgIpc) is 2.32. The summed E-state index contributed by atoms with van der Waals surface area (Å²) in [4.78, 5) is 14.0. The molecule has 1 aliphatic heterocycles. The minimum Gasteiger partial charge on any atom is -0.496 e. The summed E-state index contributed by atoms with van der Waals surface area (Å²) in [6.45, 7) is 1.85. The van der Waals surface area contributed by atoms with Gasteiger partial charge in [0.25, 0.3) is 5.91 Å². The van der Waals surface area contributed by atoms with Gasteiger partial charge in [0.05, 0.1) is 12.7 Å². The number of ether oxygens (including phenoxy) is 1. The number of amides is 1. The molecule has 0 spiro atoms. The van der Waals surface area contributed by atoms with Crippen LogP contribution in [0.2, 0.25) is 0 Å². The SMILES string of the molecule is COc1cccc2c1C(=O)N(CCN)CC2. The fourth-order valence-electron chi connectivity index (χ4n) is 2.08. The minimum absolute atomic E-state index is 0.0316. The maximum Gasteiger partial charge on any atom is 0.257 e. The van der Waals surface area contributed by atoms with Crippen LogP contribution >= 0.6 is 0 Å². The number of hydrogen-bond acceptors (Lipinski definition) is 3. The zero-order valence-corrected chi connectivity index (χ0v) is 9.40. The van der Waals surface area contributed by atoms with Gasteiger partial charge in [-0.1, -0.05) is 12.1 Å². The zero-order valence-electron chi connectivity index (χ0n) is 9.40. The van der Waals surface area contributed by atoms with Crippen LogP contribution in [-0.4, -0.2) is 37.6 Å². The van der Waals surface area contributed by atoms with E-state index in [1.807, 2.05) is 18.2 Å². The summed E-state index contributed by atoms with van der Waals surface area (Å²) in [5, 5.41) is 0. The molecule has 4 nitrogen and oxygen atoms in total. The molecule has 0 fully saturated rings. The Labute approximate surface area is 95.0 Å². The Balaban J connectivity index is 2.38. The smallest absolute Gasteiger partial charge is 0.257 e. The van der Waals surface area contributed by atoms with E-state index in [0.717, 1.165) is 18.5 Å². The quantitative estimate of drug-likeness (QED) is 0.813. The molecule has 0 aliphatic carbocycles. The number of carbonyl (C=O) groups is 1. The highest BCUT2D eigenvalue weighted by atomic mass is 16.5. The molecule has 0 bridgehead atoms. The van der Waals surface area contributed by atoms with Crippen LogP contribution in [0.1, 0.15) is 15.9 Å². The number of nitrogens with zero attached hydrogens (tertiary/aromatic N) is 1. The Morgan fingerprint density at radius 2 is 2.31 bits per heavy atom. The van der Waals surface area contributed by atoms with E-state index >= 15 is 0 Å². The van der Waals surface area contributed by atoms with Crippen molar-refractivity contribution in [2.45, 2.75) is 6.42 Å². The number of nitrogens with two attached hydrogens (primary N) is 1. The highest BCUT2D eigenvalue weighted by Crippen LogP contribution is 2.27. The van der Waals surface area contributed by atoms with Crippen LogP contribution in [0.4, 0.5) is 0 Å². The second-order valence-corrected chi connectivity index (χ2v) is 3.83. The van der Waals surface area contributed by atoms with Crippen molar-refractivity contribution in [3.63, 3.8) is 0 Å². The van der Waals surface area contributed by atoms with Gasteiger partial charge in [-0.15, -0.1) is 0 Å². The Morgan fingerprint density at radius 1 is 1.50 bits per heavy atom. The molecule has 86 valence electrons. The molecule has 1 aromatic carbocycles. The standard InChI is InChI=1S/C12H16N2O2/c1-16-10-4-2-3-9-5-7-14(8-6-13)12(15)11(9)10/h2-4H,5-8,13H2,1H3. The normalized spacial score (nSPS) is 14.9. The largest absolute Gasteiger partial charge is 0.496 e. The molecule has 2 N–H and O–H groups in total. The molecule has 1 amide bonds. The summed E-state index contributed by atoms with van der Waals surface area (Å²) in [6, 6.07) is 5.72. The lowest BCUT2D eigenvalue weighted by atomic mass is 9.98. The second-order valence-electron chi connectivity index (χ2n) is 3.83. The summed E-state index contributed by atoms with van der Waals surface area (Å²) in [6.07, 6.45) is 0.873.